The lowest BCUT2D eigenvalue weighted by molar-refractivity contribution is -0.118. The third-order valence-electron chi connectivity index (χ3n) is 1.97. The number of thioether (sulfide) groups is 1. The molecule has 0 spiro atoms. The summed E-state index contributed by atoms with van der Waals surface area (Å²) in [4.78, 5) is 11.2. The topological polar surface area (TPSA) is 49.3 Å². The molecule has 4 heteroatoms. The van der Waals surface area contributed by atoms with Crippen molar-refractivity contribution >= 4 is 17.7 Å². The Morgan fingerprint density at radius 3 is 2.47 bits per heavy atom. The van der Waals surface area contributed by atoms with Crippen LogP contribution in [0.5, 0.6) is 0 Å². The van der Waals surface area contributed by atoms with Crippen LogP contribution in [0.2, 0.25) is 0 Å². The third kappa shape index (κ3) is 4.36. The van der Waals surface area contributed by atoms with Gasteiger partial charge in [-0.05, 0) is 17.4 Å². The number of aliphatic hydroxyl groups excluding tert-OH is 1. The Hall–Kier alpha value is -1.00. The Bertz CT molecular complexity index is 311. The molecule has 0 unspecified atom stereocenters. The molecule has 0 atom stereocenters. The molecule has 0 saturated carbocycles. The van der Waals surface area contributed by atoms with Crippen LogP contribution in [0.25, 0.3) is 0 Å². The maximum Gasteiger partial charge on any atom is 0.230 e. The first-order chi connectivity index (χ1) is 7.26. The lowest BCUT2D eigenvalue weighted by Gasteiger charge is -2.04. The van der Waals surface area contributed by atoms with Gasteiger partial charge in [0.05, 0.1) is 12.4 Å². The number of benzene rings is 1. The second-order valence-corrected chi connectivity index (χ2v) is 4.05. The summed E-state index contributed by atoms with van der Waals surface area (Å²) in [5.74, 6) is 0.545. The SMILES string of the molecule is CSCC(=O)NCc1ccc(CO)cc1. The van der Waals surface area contributed by atoms with Crippen molar-refractivity contribution in [3.63, 3.8) is 0 Å². The first-order valence-corrected chi connectivity index (χ1v) is 6.10. The molecule has 1 rings (SSSR count). The minimum absolute atomic E-state index is 0.0498. The Labute approximate surface area is 93.9 Å². The Kier molecular flexibility index (Phi) is 5.21. The highest BCUT2D eigenvalue weighted by atomic mass is 32.2. The van der Waals surface area contributed by atoms with E-state index >= 15 is 0 Å². The molecule has 0 aliphatic rings. The molecule has 3 nitrogen and oxygen atoms in total. The molecule has 1 aromatic rings. The average molecular weight is 225 g/mol. The van der Waals surface area contributed by atoms with Crippen molar-refractivity contribution in [2.75, 3.05) is 12.0 Å². The number of rotatable bonds is 5. The van der Waals surface area contributed by atoms with E-state index in [0.717, 1.165) is 11.1 Å². The van der Waals surface area contributed by atoms with Gasteiger partial charge in [0, 0.05) is 6.54 Å². The molecule has 0 aliphatic carbocycles. The molecule has 0 saturated heterocycles. The number of amides is 1. The molecular weight excluding hydrogens is 210 g/mol. The smallest absolute Gasteiger partial charge is 0.230 e. The van der Waals surface area contributed by atoms with E-state index in [2.05, 4.69) is 5.32 Å². The van der Waals surface area contributed by atoms with E-state index in [1.165, 1.54) is 11.8 Å². The molecular formula is C11H15NO2S. The van der Waals surface area contributed by atoms with Gasteiger partial charge in [0.25, 0.3) is 0 Å². The van der Waals surface area contributed by atoms with Gasteiger partial charge in [-0.15, -0.1) is 0 Å². The molecule has 0 aliphatic heterocycles. The van der Waals surface area contributed by atoms with Gasteiger partial charge in [0.2, 0.25) is 5.91 Å². The zero-order chi connectivity index (χ0) is 11.1. The second-order valence-electron chi connectivity index (χ2n) is 3.18. The quantitative estimate of drug-likeness (QED) is 0.790. The molecule has 0 bridgehead atoms. The predicted molar refractivity (Wildman–Crippen MR) is 62.6 cm³/mol. The van der Waals surface area contributed by atoms with Crippen LogP contribution in [0.4, 0.5) is 0 Å². The molecule has 1 amide bonds. The Balaban J connectivity index is 2.40. The van der Waals surface area contributed by atoms with Gasteiger partial charge >= 0.3 is 0 Å². The van der Waals surface area contributed by atoms with Crippen LogP contribution in [0.15, 0.2) is 24.3 Å². The normalized spacial score (nSPS) is 10.0. The largest absolute Gasteiger partial charge is 0.392 e. The monoisotopic (exact) mass is 225 g/mol. The summed E-state index contributed by atoms with van der Waals surface area (Å²) in [6, 6.07) is 7.53. The van der Waals surface area contributed by atoms with Crippen molar-refractivity contribution < 1.29 is 9.90 Å². The predicted octanol–water partition coefficient (Wildman–Crippen LogP) is 1.16. The number of aliphatic hydroxyl groups is 1. The highest BCUT2D eigenvalue weighted by Crippen LogP contribution is 2.04. The van der Waals surface area contributed by atoms with E-state index < -0.39 is 0 Å². The summed E-state index contributed by atoms with van der Waals surface area (Å²) in [6.07, 6.45) is 1.90. The molecule has 1 aromatic carbocycles. The molecule has 82 valence electrons. The van der Waals surface area contributed by atoms with Gasteiger partial charge in [-0.25, -0.2) is 0 Å². The Morgan fingerprint density at radius 2 is 1.93 bits per heavy atom. The minimum Gasteiger partial charge on any atom is -0.392 e. The van der Waals surface area contributed by atoms with Gasteiger partial charge in [-0.1, -0.05) is 24.3 Å². The van der Waals surface area contributed by atoms with Gasteiger partial charge in [0.1, 0.15) is 0 Å². The summed E-state index contributed by atoms with van der Waals surface area (Å²) < 4.78 is 0. The van der Waals surface area contributed by atoms with E-state index in [-0.39, 0.29) is 12.5 Å². The zero-order valence-corrected chi connectivity index (χ0v) is 9.51. The lowest BCUT2D eigenvalue weighted by atomic mass is 10.1. The molecule has 15 heavy (non-hydrogen) atoms. The van der Waals surface area contributed by atoms with Gasteiger partial charge in [-0.2, -0.15) is 11.8 Å². The summed E-state index contributed by atoms with van der Waals surface area (Å²) in [7, 11) is 0. The first-order valence-electron chi connectivity index (χ1n) is 4.70. The molecule has 0 heterocycles. The second kappa shape index (κ2) is 6.48. The summed E-state index contributed by atoms with van der Waals surface area (Å²) in [6.45, 7) is 0.601. The van der Waals surface area contributed by atoms with Crippen LogP contribution in [0.1, 0.15) is 11.1 Å². The van der Waals surface area contributed by atoms with Crippen LogP contribution >= 0.6 is 11.8 Å². The van der Waals surface area contributed by atoms with E-state index in [0.29, 0.717) is 12.3 Å². The zero-order valence-electron chi connectivity index (χ0n) is 8.69. The fourth-order valence-electron chi connectivity index (χ4n) is 1.15. The van der Waals surface area contributed by atoms with Crippen LogP contribution in [0.3, 0.4) is 0 Å². The van der Waals surface area contributed by atoms with Gasteiger partial charge in [0.15, 0.2) is 0 Å². The van der Waals surface area contributed by atoms with E-state index in [4.69, 9.17) is 5.11 Å². The average Bonchev–Trinajstić information content (AvgIpc) is 2.27. The van der Waals surface area contributed by atoms with Crippen LogP contribution in [0, 0.1) is 0 Å². The number of carbonyl (C=O) groups is 1. The van der Waals surface area contributed by atoms with Gasteiger partial charge in [-0.3, -0.25) is 4.79 Å². The summed E-state index contributed by atoms with van der Waals surface area (Å²) >= 11 is 1.51. The van der Waals surface area contributed by atoms with Crippen molar-refractivity contribution in [3.05, 3.63) is 35.4 Å². The fourth-order valence-corrected chi connectivity index (χ4v) is 1.51. The van der Waals surface area contributed by atoms with E-state index in [1.54, 1.807) is 0 Å². The highest BCUT2D eigenvalue weighted by molar-refractivity contribution is 7.99. The third-order valence-corrected chi connectivity index (χ3v) is 2.52. The fraction of sp³-hybridized carbons (Fsp3) is 0.364. The molecule has 0 aromatic heterocycles. The van der Waals surface area contributed by atoms with Crippen LogP contribution in [-0.4, -0.2) is 23.0 Å². The van der Waals surface area contributed by atoms with Crippen LogP contribution < -0.4 is 5.32 Å². The standard InChI is InChI=1S/C11H15NO2S/c1-15-8-11(14)12-6-9-2-4-10(7-13)5-3-9/h2-5,13H,6-8H2,1H3,(H,12,14). The summed E-state index contributed by atoms with van der Waals surface area (Å²) in [5.41, 5.74) is 1.93. The number of nitrogens with one attached hydrogen (secondary N) is 1. The highest BCUT2D eigenvalue weighted by Gasteiger charge is 1.99. The van der Waals surface area contributed by atoms with Crippen molar-refractivity contribution in [1.82, 2.24) is 5.32 Å². The summed E-state index contributed by atoms with van der Waals surface area (Å²) in [5, 5.41) is 11.7. The lowest BCUT2D eigenvalue weighted by Crippen LogP contribution is -2.24. The molecule has 2 N–H and O–H groups in total. The van der Waals surface area contributed by atoms with Crippen molar-refractivity contribution in [1.29, 1.82) is 0 Å². The maximum atomic E-state index is 11.2. The molecule has 0 radical (unpaired) electrons. The number of hydrogen-bond donors (Lipinski definition) is 2. The first kappa shape index (κ1) is 12.1. The molecule has 0 fully saturated rings. The van der Waals surface area contributed by atoms with E-state index in [1.807, 2.05) is 30.5 Å². The van der Waals surface area contributed by atoms with E-state index in [9.17, 15) is 4.79 Å². The maximum absolute atomic E-state index is 11.2. The Morgan fingerprint density at radius 1 is 1.33 bits per heavy atom. The number of hydrogen-bond acceptors (Lipinski definition) is 3. The number of carbonyl (C=O) groups excluding carboxylic acids is 1. The van der Waals surface area contributed by atoms with Crippen molar-refractivity contribution in [2.24, 2.45) is 0 Å². The van der Waals surface area contributed by atoms with Crippen molar-refractivity contribution in [2.45, 2.75) is 13.2 Å². The van der Waals surface area contributed by atoms with Crippen LogP contribution in [-0.2, 0) is 17.9 Å². The van der Waals surface area contributed by atoms with Gasteiger partial charge < -0.3 is 10.4 Å². The van der Waals surface area contributed by atoms with Crippen molar-refractivity contribution in [3.8, 4) is 0 Å². The minimum atomic E-state index is 0.0498.